The van der Waals surface area contributed by atoms with E-state index in [9.17, 15) is 13.2 Å². The van der Waals surface area contributed by atoms with Crippen LogP contribution in [0.2, 0.25) is 0 Å². The van der Waals surface area contributed by atoms with Gasteiger partial charge in [0, 0.05) is 51.0 Å². The number of carbonyl (C=O) groups is 1. The summed E-state index contributed by atoms with van der Waals surface area (Å²) in [6.45, 7) is 9.80. The third kappa shape index (κ3) is 6.34. The van der Waals surface area contributed by atoms with Crippen molar-refractivity contribution in [3.8, 4) is 0 Å². The minimum atomic E-state index is -3.43. The van der Waals surface area contributed by atoms with E-state index in [2.05, 4.69) is 30.3 Å². The number of hydrogen-bond donors (Lipinski definition) is 1. The average molecular weight is 538 g/mol. The van der Waals surface area contributed by atoms with E-state index in [1.54, 1.807) is 25.3 Å². The number of aromatic nitrogens is 2. The molecule has 0 unspecified atom stereocenters. The van der Waals surface area contributed by atoms with E-state index in [0.717, 1.165) is 55.0 Å². The van der Waals surface area contributed by atoms with Crippen molar-refractivity contribution in [3.63, 3.8) is 0 Å². The van der Waals surface area contributed by atoms with Crippen molar-refractivity contribution >= 4 is 32.5 Å². The fourth-order valence-corrected chi connectivity index (χ4v) is 5.34. The molecule has 11 heteroatoms. The summed E-state index contributed by atoms with van der Waals surface area (Å²) in [5.74, 6) is 1.42. The summed E-state index contributed by atoms with van der Waals surface area (Å²) in [5.41, 5.74) is 2.35. The largest absolute Gasteiger partial charge is 0.353 e. The van der Waals surface area contributed by atoms with E-state index >= 15 is 0 Å². The Kier molecular flexibility index (Phi) is 8.35. The number of azo groups is 1. The molecule has 1 N–H and O–H groups in total. The molecule has 0 atom stereocenters. The summed E-state index contributed by atoms with van der Waals surface area (Å²) in [7, 11) is -3.43. The number of nitrogens with zero attached hydrogens (tertiary/aromatic N) is 6. The molecule has 1 fully saturated rings. The normalized spacial score (nSPS) is 14.9. The quantitative estimate of drug-likeness (QED) is 0.432. The van der Waals surface area contributed by atoms with Gasteiger partial charge in [-0.15, -0.1) is 5.11 Å². The first kappa shape index (κ1) is 27.2. The first-order chi connectivity index (χ1) is 18.2. The molecular formula is C27H35N7O3S. The molecule has 202 valence electrons. The van der Waals surface area contributed by atoms with Crippen molar-refractivity contribution in [2.45, 2.75) is 32.2 Å². The maximum Gasteiger partial charge on any atom is 0.251 e. The van der Waals surface area contributed by atoms with Crippen molar-refractivity contribution < 1.29 is 14.6 Å². The van der Waals surface area contributed by atoms with Crippen LogP contribution in [0.4, 0.5) is 5.82 Å². The highest BCUT2D eigenvalue weighted by Gasteiger charge is 2.20. The molecule has 2 aromatic heterocycles. The SMILES string of the molecule is C/C=C(\N=NCC)N1CCN(c2ccc3cnc(CNC(=O)c4ccc(C)c(S(C)(=O)=O)c4)cc3n2)CC1.[HH]. The van der Waals surface area contributed by atoms with E-state index in [4.69, 9.17) is 4.98 Å². The molecule has 0 aliphatic carbocycles. The Bertz CT molecular complexity index is 1500. The second kappa shape index (κ2) is 11.7. The Hall–Kier alpha value is -3.86. The Morgan fingerprint density at radius 1 is 1.16 bits per heavy atom. The number of nitrogens with one attached hydrogen (secondary N) is 1. The minimum absolute atomic E-state index is 0. The first-order valence-corrected chi connectivity index (χ1v) is 14.5. The van der Waals surface area contributed by atoms with Crippen LogP contribution < -0.4 is 10.2 Å². The molecule has 1 saturated heterocycles. The monoisotopic (exact) mass is 537 g/mol. The van der Waals surface area contributed by atoms with Crippen LogP contribution in [-0.2, 0) is 16.4 Å². The first-order valence-electron chi connectivity index (χ1n) is 12.6. The number of amides is 1. The summed E-state index contributed by atoms with van der Waals surface area (Å²) >= 11 is 0. The van der Waals surface area contributed by atoms with Crippen LogP contribution in [0.15, 0.2) is 69.6 Å². The van der Waals surface area contributed by atoms with Crippen molar-refractivity contribution in [1.82, 2.24) is 20.2 Å². The Morgan fingerprint density at radius 3 is 2.61 bits per heavy atom. The number of hydrogen-bond acceptors (Lipinski definition) is 9. The number of sulfone groups is 1. The molecule has 10 nitrogen and oxygen atoms in total. The lowest BCUT2D eigenvalue weighted by molar-refractivity contribution is 0.0950. The highest BCUT2D eigenvalue weighted by Crippen LogP contribution is 2.21. The molecule has 4 rings (SSSR count). The molecular weight excluding hydrogens is 502 g/mol. The summed E-state index contributed by atoms with van der Waals surface area (Å²) < 4.78 is 24.0. The predicted octanol–water partition coefficient (Wildman–Crippen LogP) is 3.97. The molecule has 3 heterocycles. The van der Waals surface area contributed by atoms with E-state index in [1.807, 2.05) is 38.1 Å². The maximum atomic E-state index is 12.7. The molecule has 3 aromatic rings. The topological polar surface area (TPSA) is 120 Å². The van der Waals surface area contributed by atoms with Crippen LogP contribution in [0.1, 0.15) is 36.9 Å². The van der Waals surface area contributed by atoms with Crippen molar-refractivity contribution in [1.29, 1.82) is 0 Å². The number of anilines is 1. The number of fused-ring (bicyclic) bond motifs is 1. The number of rotatable bonds is 8. The van der Waals surface area contributed by atoms with Gasteiger partial charge >= 0.3 is 0 Å². The van der Waals surface area contributed by atoms with Crippen molar-refractivity contribution in [2.24, 2.45) is 10.2 Å². The highest BCUT2D eigenvalue weighted by atomic mass is 32.2. The highest BCUT2D eigenvalue weighted by molar-refractivity contribution is 7.90. The molecule has 0 bridgehead atoms. The summed E-state index contributed by atoms with van der Waals surface area (Å²) in [5, 5.41) is 12.2. The summed E-state index contributed by atoms with van der Waals surface area (Å²) in [6, 6.07) is 10.5. The number of piperazine rings is 1. The van der Waals surface area contributed by atoms with Gasteiger partial charge in [-0.3, -0.25) is 9.78 Å². The van der Waals surface area contributed by atoms with Crippen LogP contribution in [0, 0.1) is 6.92 Å². The third-order valence-electron chi connectivity index (χ3n) is 6.40. The van der Waals surface area contributed by atoms with Crippen molar-refractivity contribution in [2.75, 3.05) is 43.9 Å². The molecule has 1 amide bonds. The molecule has 38 heavy (non-hydrogen) atoms. The number of allylic oxidation sites excluding steroid dienone is 1. The van der Waals surface area contributed by atoms with E-state index in [0.29, 0.717) is 17.8 Å². The number of aryl methyl sites for hydroxylation is 1. The Balaban J connectivity index is 0.00000420. The maximum absolute atomic E-state index is 12.7. The number of pyridine rings is 2. The molecule has 1 aromatic carbocycles. The zero-order valence-corrected chi connectivity index (χ0v) is 23.0. The van der Waals surface area contributed by atoms with Crippen LogP contribution >= 0.6 is 0 Å². The fraction of sp³-hybridized carbons (Fsp3) is 0.370. The van der Waals surface area contributed by atoms with Crippen molar-refractivity contribution in [3.05, 3.63) is 71.3 Å². The molecule has 1 aliphatic rings. The Labute approximate surface area is 224 Å². The van der Waals surface area contributed by atoms with Crippen LogP contribution in [-0.4, -0.2) is 68.2 Å². The second-order valence-electron chi connectivity index (χ2n) is 9.15. The summed E-state index contributed by atoms with van der Waals surface area (Å²) in [6.07, 6.45) is 4.87. The lowest BCUT2D eigenvalue weighted by Gasteiger charge is -2.36. The van der Waals surface area contributed by atoms with Gasteiger partial charge in [0.2, 0.25) is 0 Å². The minimum Gasteiger partial charge on any atom is -0.353 e. The van der Waals surface area contributed by atoms with Gasteiger partial charge in [-0.25, -0.2) is 13.4 Å². The third-order valence-corrected chi connectivity index (χ3v) is 7.63. The molecule has 0 radical (unpaired) electrons. The standard InChI is InChI=1S/C27H33N7O3S.H2/c1-5-25(32-30-6-2)33-11-13-34(14-12-33)26-10-9-21-17-28-22(16-23(21)31-26)18-29-27(35)20-8-7-19(3)24(15-20)38(4,36)37;/h5,7-10,15-17H,6,11-14,18H2,1-4H3,(H,29,35);1H/b25-5+,32-30?;. The number of benzene rings is 1. The zero-order chi connectivity index (χ0) is 27.3. The van der Waals surface area contributed by atoms with Gasteiger partial charge in [0.15, 0.2) is 9.84 Å². The summed E-state index contributed by atoms with van der Waals surface area (Å²) in [4.78, 5) is 26.7. The van der Waals surface area contributed by atoms with Crippen LogP contribution in [0.5, 0.6) is 0 Å². The smallest absolute Gasteiger partial charge is 0.251 e. The van der Waals surface area contributed by atoms with Gasteiger partial charge in [-0.05, 0) is 62.7 Å². The lowest BCUT2D eigenvalue weighted by Crippen LogP contribution is -2.45. The van der Waals surface area contributed by atoms with E-state index < -0.39 is 9.84 Å². The average Bonchev–Trinajstić information content (AvgIpc) is 2.91. The van der Waals surface area contributed by atoms with E-state index in [1.165, 1.54) is 6.07 Å². The lowest BCUT2D eigenvalue weighted by atomic mass is 10.1. The molecule has 0 spiro atoms. The number of carbonyl (C=O) groups excluding carboxylic acids is 1. The van der Waals surface area contributed by atoms with Gasteiger partial charge < -0.3 is 15.1 Å². The van der Waals surface area contributed by atoms with Gasteiger partial charge in [0.05, 0.1) is 29.2 Å². The van der Waals surface area contributed by atoms with Gasteiger partial charge in [-0.2, -0.15) is 5.11 Å². The Morgan fingerprint density at radius 2 is 1.92 bits per heavy atom. The van der Waals surface area contributed by atoms with Crippen LogP contribution in [0.3, 0.4) is 0 Å². The molecule has 0 saturated carbocycles. The van der Waals surface area contributed by atoms with E-state index in [-0.39, 0.29) is 24.3 Å². The fourth-order valence-electron chi connectivity index (χ4n) is 4.35. The van der Waals surface area contributed by atoms with Gasteiger partial charge in [0.25, 0.3) is 5.91 Å². The van der Waals surface area contributed by atoms with Crippen LogP contribution in [0.25, 0.3) is 10.9 Å². The second-order valence-corrected chi connectivity index (χ2v) is 11.1. The van der Waals surface area contributed by atoms with Gasteiger partial charge in [-0.1, -0.05) is 6.07 Å². The molecule has 1 aliphatic heterocycles. The zero-order valence-electron chi connectivity index (χ0n) is 22.2. The van der Waals surface area contributed by atoms with Gasteiger partial charge in [0.1, 0.15) is 11.6 Å². The predicted molar refractivity (Wildman–Crippen MR) is 150 cm³/mol.